The van der Waals surface area contributed by atoms with Gasteiger partial charge in [-0.3, -0.25) is 5.32 Å². The Morgan fingerprint density at radius 3 is 2.58 bits per heavy atom. The lowest BCUT2D eigenvalue weighted by atomic mass is 10.0. The molecule has 11 heteroatoms. The van der Waals surface area contributed by atoms with Gasteiger partial charge in [0.25, 0.3) is 0 Å². The summed E-state index contributed by atoms with van der Waals surface area (Å²) in [5, 5.41) is 15.7. The smallest absolute Gasteiger partial charge is 0.322 e. The zero-order chi connectivity index (χ0) is 26.5. The van der Waals surface area contributed by atoms with Crippen LogP contribution in [0.4, 0.5) is 16.2 Å². The normalized spacial score (nSPS) is 17.0. The van der Waals surface area contributed by atoms with Crippen molar-refractivity contribution < 1.29 is 14.3 Å². The Morgan fingerprint density at radius 1 is 1.00 bits per heavy atom. The second-order valence-corrected chi connectivity index (χ2v) is 9.38. The maximum absolute atomic E-state index is 13.5. The number of carbonyl (C=O) groups is 1. The molecule has 2 N–H and O–H groups in total. The van der Waals surface area contributed by atoms with Crippen molar-refractivity contribution in [2.45, 2.75) is 6.04 Å². The summed E-state index contributed by atoms with van der Waals surface area (Å²) in [6.45, 7) is 2.17. The highest BCUT2D eigenvalue weighted by molar-refractivity contribution is 6.43. The van der Waals surface area contributed by atoms with Crippen LogP contribution >= 0.6 is 23.2 Å². The number of nitrogens with zero attached hydrogens (tertiary/aromatic N) is 4. The SMILES string of the molecule is N#CNC(=Nc1cccc(Cl)c1Cl)N1CCN(C(=O)Nc2ccc3c(c2)OCCO3)C(c2ccccc2)C1. The van der Waals surface area contributed by atoms with E-state index in [0.29, 0.717) is 71.7 Å². The molecule has 2 aliphatic heterocycles. The van der Waals surface area contributed by atoms with E-state index in [0.717, 1.165) is 5.56 Å². The first-order valence-corrected chi connectivity index (χ1v) is 12.7. The van der Waals surface area contributed by atoms with Crippen LogP contribution < -0.4 is 20.1 Å². The minimum Gasteiger partial charge on any atom is -0.486 e. The Hall–Kier alpha value is -4.13. The molecule has 0 aliphatic carbocycles. The second kappa shape index (κ2) is 11.5. The molecule has 3 aromatic rings. The van der Waals surface area contributed by atoms with Gasteiger partial charge in [-0.05, 0) is 29.8 Å². The highest BCUT2D eigenvalue weighted by atomic mass is 35.5. The predicted octanol–water partition coefficient (Wildman–Crippen LogP) is 5.41. The number of fused-ring (bicyclic) bond motifs is 1. The van der Waals surface area contributed by atoms with E-state index in [1.807, 2.05) is 41.4 Å². The molecule has 194 valence electrons. The van der Waals surface area contributed by atoms with Gasteiger partial charge >= 0.3 is 6.03 Å². The molecule has 1 unspecified atom stereocenters. The molecule has 3 aromatic carbocycles. The number of urea groups is 1. The molecule has 2 heterocycles. The molecular formula is C27H24Cl2N6O3. The number of hydrogen-bond donors (Lipinski definition) is 2. The van der Waals surface area contributed by atoms with Crippen LogP contribution in [0.2, 0.25) is 10.0 Å². The Kier molecular flexibility index (Phi) is 7.73. The van der Waals surface area contributed by atoms with Crippen molar-refractivity contribution >= 4 is 46.6 Å². The molecule has 0 radical (unpaired) electrons. The van der Waals surface area contributed by atoms with E-state index >= 15 is 0 Å². The van der Waals surface area contributed by atoms with Gasteiger partial charge in [-0.1, -0.05) is 59.6 Å². The number of aliphatic imine (C=N–C) groups is 1. The van der Waals surface area contributed by atoms with Crippen molar-refractivity contribution in [3.63, 3.8) is 0 Å². The number of nitrogens with one attached hydrogen (secondary N) is 2. The van der Waals surface area contributed by atoms with Crippen molar-refractivity contribution in [3.8, 4) is 17.7 Å². The summed E-state index contributed by atoms with van der Waals surface area (Å²) in [6.07, 6.45) is 1.95. The third-order valence-corrected chi connectivity index (χ3v) is 7.05. The number of anilines is 1. The number of nitriles is 1. The van der Waals surface area contributed by atoms with Crippen molar-refractivity contribution in [1.29, 1.82) is 5.26 Å². The van der Waals surface area contributed by atoms with E-state index in [2.05, 4.69) is 15.6 Å². The van der Waals surface area contributed by atoms with Gasteiger partial charge in [0.2, 0.25) is 5.96 Å². The van der Waals surface area contributed by atoms with Crippen LogP contribution in [0.5, 0.6) is 11.5 Å². The standard InChI is InChI=1S/C27H24Cl2N6O3/c28-20-7-4-8-21(25(20)29)33-26(31-17-30)34-11-12-35(22(16-34)18-5-2-1-3-6-18)27(36)32-19-9-10-23-24(15-19)38-14-13-37-23/h1-10,15,22H,11-14,16H2,(H,31,33)(H,32,36). The minimum absolute atomic E-state index is 0.250. The third kappa shape index (κ3) is 5.57. The molecular weight excluding hydrogens is 527 g/mol. The Labute approximate surface area is 230 Å². The van der Waals surface area contributed by atoms with Crippen LogP contribution in [0.3, 0.4) is 0 Å². The van der Waals surface area contributed by atoms with Crippen LogP contribution in [-0.4, -0.2) is 54.6 Å². The molecule has 2 amide bonds. The van der Waals surface area contributed by atoms with E-state index in [1.54, 1.807) is 41.3 Å². The Bertz CT molecular complexity index is 1400. The second-order valence-electron chi connectivity index (χ2n) is 8.60. The van der Waals surface area contributed by atoms with E-state index < -0.39 is 0 Å². The summed E-state index contributed by atoms with van der Waals surface area (Å²) in [5.41, 5.74) is 2.00. The van der Waals surface area contributed by atoms with Crippen LogP contribution in [0.25, 0.3) is 0 Å². The fourth-order valence-electron chi connectivity index (χ4n) is 4.42. The van der Waals surface area contributed by atoms with Gasteiger partial charge in [-0.15, -0.1) is 0 Å². The summed E-state index contributed by atoms with van der Waals surface area (Å²) in [6, 6.07) is 19.6. The first-order valence-electron chi connectivity index (χ1n) is 12.0. The van der Waals surface area contributed by atoms with E-state index in [-0.39, 0.29) is 12.1 Å². The summed E-state index contributed by atoms with van der Waals surface area (Å²) in [7, 11) is 0. The van der Waals surface area contributed by atoms with E-state index in [4.69, 9.17) is 32.7 Å². The number of rotatable bonds is 3. The van der Waals surface area contributed by atoms with Gasteiger partial charge in [0.15, 0.2) is 17.7 Å². The fraction of sp³-hybridized carbons (Fsp3) is 0.222. The maximum Gasteiger partial charge on any atom is 0.322 e. The summed E-state index contributed by atoms with van der Waals surface area (Å²) >= 11 is 12.5. The number of amides is 2. The number of piperazine rings is 1. The van der Waals surface area contributed by atoms with Gasteiger partial charge in [-0.25, -0.2) is 9.79 Å². The molecule has 0 aromatic heterocycles. The molecule has 38 heavy (non-hydrogen) atoms. The third-order valence-electron chi connectivity index (χ3n) is 6.24. The molecule has 9 nitrogen and oxygen atoms in total. The Balaban J connectivity index is 1.40. The van der Waals surface area contributed by atoms with Crippen LogP contribution in [0, 0.1) is 11.5 Å². The van der Waals surface area contributed by atoms with Crippen molar-refractivity contribution in [2.24, 2.45) is 4.99 Å². The largest absolute Gasteiger partial charge is 0.486 e. The maximum atomic E-state index is 13.5. The fourth-order valence-corrected chi connectivity index (χ4v) is 4.75. The topological polar surface area (TPSA) is 102 Å². The summed E-state index contributed by atoms with van der Waals surface area (Å²) in [4.78, 5) is 21.8. The molecule has 1 fully saturated rings. The molecule has 0 saturated carbocycles. The van der Waals surface area contributed by atoms with Crippen LogP contribution in [-0.2, 0) is 0 Å². The highest BCUT2D eigenvalue weighted by Crippen LogP contribution is 2.34. The van der Waals surface area contributed by atoms with Gasteiger partial charge < -0.3 is 24.6 Å². The lowest BCUT2D eigenvalue weighted by molar-refractivity contribution is 0.135. The van der Waals surface area contributed by atoms with Crippen molar-refractivity contribution in [2.75, 3.05) is 38.2 Å². The molecule has 0 spiro atoms. The first kappa shape index (κ1) is 25.5. The van der Waals surface area contributed by atoms with Crippen LogP contribution in [0.15, 0.2) is 71.7 Å². The molecule has 0 bridgehead atoms. The lowest BCUT2D eigenvalue weighted by Crippen LogP contribution is -2.55. The molecule has 1 saturated heterocycles. The van der Waals surface area contributed by atoms with Gasteiger partial charge in [0, 0.05) is 31.4 Å². The number of hydrogen-bond acceptors (Lipinski definition) is 5. The summed E-state index contributed by atoms with van der Waals surface area (Å²) in [5.74, 6) is 1.58. The monoisotopic (exact) mass is 550 g/mol. The zero-order valence-electron chi connectivity index (χ0n) is 20.2. The molecule has 5 rings (SSSR count). The van der Waals surface area contributed by atoms with Gasteiger partial charge in [0.1, 0.15) is 13.2 Å². The quantitative estimate of drug-likeness (QED) is 0.195. The molecule has 2 aliphatic rings. The zero-order valence-corrected chi connectivity index (χ0v) is 21.7. The van der Waals surface area contributed by atoms with E-state index in [1.165, 1.54) is 0 Å². The van der Waals surface area contributed by atoms with Crippen molar-refractivity contribution in [3.05, 3.63) is 82.3 Å². The number of carbonyl (C=O) groups excluding carboxylic acids is 1. The van der Waals surface area contributed by atoms with Crippen LogP contribution in [0.1, 0.15) is 11.6 Å². The Morgan fingerprint density at radius 2 is 1.79 bits per heavy atom. The summed E-state index contributed by atoms with van der Waals surface area (Å²) < 4.78 is 11.2. The number of ether oxygens (including phenoxy) is 2. The number of halogens is 2. The van der Waals surface area contributed by atoms with Gasteiger partial charge in [-0.2, -0.15) is 5.26 Å². The predicted molar refractivity (Wildman–Crippen MR) is 146 cm³/mol. The minimum atomic E-state index is -0.317. The number of benzene rings is 3. The number of guanidine groups is 1. The average Bonchev–Trinajstić information content (AvgIpc) is 2.95. The van der Waals surface area contributed by atoms with Crippen molar-refractivity contribution in [1.82, 2.24) is 15.1 Å². The average molecular weight is 551 g/mol. The first-order chi connectivity index (χ1) is 18.5. The highest BCUT2D eigenvalue weighted by Gasteiger charge is 2.33. The van der Waals surface area contributed by atoms with Gasteiger partial charge in [0.05, 0.1) is 21.8 Å². The lowest BCUT2D eigenvalue weighted by Gasteiger charge is -2.42. The molecule has 1 atom stereocenters. The van der Waals surface area contributed by atoms with E-state index in [9.17, 15) is 10.1 Å².